The highest BCUT2D eigenvalue weighted by Crippen LogP contribution is 2.52. The van der Waals surface area contributed by atoms with Gasteiger partial charge in [-0.25, -0.2) is 0 Å². The van der Waals surface area contributed by atoms with Crippen molar-refractivity contribution in [1.29, 1.82) is 0 Å². The number of hydrogen-bond donors (Lipinski definition) is 1. The third-order valence-electron chi connectivity index (χ3n) is 2.20. The second-order valence-electron chi connectivity index (χ2n) is 3.09. The molecule has 1 unspecified atom stereocenters. The lowest BCUT2D eigenvalue weighted by molar-refractivity contribution is -0.143. The normalized spacial score (nSPS) is 37.3. The van der Waals surface area contributed by atoms with E-state index in [9.17, 15) is 4.79 Å². The van der Waals surface area contributed by atoms with E-state index in [4.69, 9.17) is 5.11 Å². The van der Waals surface area contributed by atoms with E-state index in [1.165, 1.54) is 7.11 Å². The summed E-state index contributed by atoms with van der Waals surface area (Å²) in [4.78, 5) is 10.8. The average molecular weight is 144 g/mol. The zero-order chi connectivity index (χ0) is 7.78. The van der Waals surface area contributed by atoms with E-state index < -0.39 is 0 Å². The first-order valence-electron chi connectivity index (χ1n) is 3.33. The highest BCUT2D eigenvalue weighted by molar-refractivity contribution is 5.76. The first kappa shape index (κ1) is 7.54. The van der Waals surface area contributed by atoms with Gasteiger partial charge >= 0.3 is 5.97 Å². The van der Waals surface area contributed by atoms with Crippen LogP contribution in [0, 0.1) is 11.3 Å². The SMILES string of the molecule is COC(=O)C1C[C@@]1(C)CO. The number of aliphatic hydroxyl groups is 1. The molecule has 0 amide bonds. The molecule has 1 aliphatic carbocycles. The Balaban J connectivity index is 2.44. The molecule has 0 aromatic carbocycles. The van der Waals surface area contributed by atoms with Gasteiger partial charge in [-0.3, -0.25) is 4.79 Å². The van der Waals surface area contributed by atoms with E-state index in [1.807, 2.05) is 6.92 Å². The van der Waals surface area contributed by atoms with Crippen LogP contribution in [0.2, 0.25) is 0 Å². The van der Waals surface area contributed by atoms with E-state index in [1.54, 1.807) is 0 Å². The summed E-state index contributed by atoms with van der Waals surface area (Å²) in [6.07, 6.45) is 0.760. The van der Waals surface area contributed by atoms with E-state index in [2.05, 4.69) is 4.74 Å². The lowest BCUT2D eigenvalue weighted by Gasteiger charge is -2.03. The van der Waals surface area contributed by atoms with Gasteiger partial charge in [0.1, 0.15) is 0 Å². The van der Waals surface area contributed by atoms with E-state index in [0.717, 1.165) is 6.42 Å². The van der Waals surface area contributed by atoms with Crippen LogP contribution in [0.15, 0.2) is 0 Å². The molecule has 1 rings (SSSR count). The average Bonchev–Trinajstić information content (AvgIpc) is 2.62. The summed E-state index contributed by atoms with van der Waals surface area (Å²) in [7, 11) is 1.37. The summed E-state index contributed by atoms with van der Waals surface area (Å²) in [6, 6.07) is 0. The van der Waals surface area contributed by atoms with Gasteiger partial charge in [0.15, 0.2) is 0 Å². The van der Waals surface area contributed by atoms with Crippen molar-refractivity contribution in [2.45, 2.75) is 13.3 Å². The number of ether oxygens (including phenoxy) is 1. The lowest BCUT2D eigenvalue weighted by Crippen LogP contribution is -2.12. The molecule has 2 atom stereocenters. The maximum Gasteiger partial charge on any atom is 0.309 e. The van der Waals surface area contributed by atoms with Gasteiger partial charge in [0.25, 0.3) is 0 Å². The zero-order valence-corrected chi connectivity index (χ0v) is 6.26. The monoisotopic (exact) mass is 144 g/mol. The summed E-state index contributed by atoms with van der Waals surface area (Å²) in [5.74, 6) is -0.265. The van der Waals surface area contributed by atoms with Crippen molar-refractivity contribution >= 4 is 5.97 Å². The number of carbonyl (C=O) groups excluding carboxylic acids is 1. The van der Waals surface area contributed by atoms with E-state index >= 15 is 0 Å². The van der Waals surface area contributed by atoms with Crippen molar-refractivity contribution in [3.8, 4) is 0 Å². The Labute approximate surface area is 60.0 Å². The Bertz CT molecular complexity index is 155. The minimum absolute atomic E-state index is 0.0671. The Morgan fingerprint density at radius 3 is 2.80 bits per heavy atom. The fourth-order valence-electron chi connectivity index (χ4n) is 1.09. The van der Waals surface area contributed by atoms with Crippen molar-refractivity contribution in [3.63, 3.8) is 0 Å². The quantitative estimate of drug-likeness (QED) is 0.562. The Morgan fingerprint density at radius 1 is 1.90 bits per heavy atom. The summed E-state index contributed by atoms with van der Waals surface area (Å²) in [5.41, 5.74) is -0.187. The summed E-state index contributed by atoms with van der Waals surface area (Å²) in [6.45, 7) is 1.96. The molecule has 1 aliphatic rings. The molecule has 10 heavy (non-hydrogen) atoms. The molecule has 1 fully saturated rings. The molecule has 0 aliphatic heterocycles. The maximum atomic E-state index is 10.8. The lowest BCUT2D eigenvalue weighted by atomic mass is 10.1. The van der Waals surface area contributed by atoms with Crippen LogP contribution in [0.1, 0.15) is 13.3 Å². The number of methoxy groups -OCH3 is 1. The summed E-state index contributed by atoms with van der Waals surface area (Å²) >= 11 is 0. The molecule has 3 heteroatoms. The molecule has 1 N–H and O–H groups in total. The highest BCUT2D eigenvalue weighted by atomic mass is 16.5. The predicted octanol–water partition coefficient (Wildman–Crippen LogP) is 0.178. The van der Waals surface area contributed by atoms with Crippen LogP contribution in [0.3, 0.4) is 0 Å². The molecule has 0 heterocycles. The van der Waals surface area contributed by atoms with Gasteiger partial charge < -0.3 is 9.84 Å². The van der Waals surface area contributed by atoms with Crippen molar-refractivity contribution in [2.75, 3.05) is 13.7 Å². The second-order valence-corrected chi connectivity index (χ2v) is 3.09. The minimum Gasteiger partial charge on any atom is -0.469 e. The van der Waals surface area contributed by atoms with Gasteiger partial charge in [-0.1, -0.05) is 6.92 Å². The second kappa shape index (κ2) is 2.23. The van der Waals surface area contributed by atoms with Crippen LogP contribution < -0.4 is 0 Å². The van der Waals surface area contributed by atoms with Crippen LogP contribution in [0.25, 0.3) is 0 Å². The molecular formula is C7H12O3. The van der Waals surface area contributed by atoms with Gasteiger partial charge in [0, 0.05) is 12.0 Å². The van der Waals surface area contributed by atoms with Crippen molar-refractivity contribution in [1.82, 2.24) is 0 Å². The maximum absolute atomic E-state index is 10.8. The first-order chi connectivity index (χ1) is 4.64. The van der Waals surface area contributed by atoms with Gasteiger partial charge in [-0.05, 0) is 6.42 Å². The number of carbonyl (C=O) groups is 1. The number of hydrogen-bond acceptors (Lipinski definition) is 3. The summed E-state index contributed by atoms with van der Waals surface area (Å²) < 4.78 is 4.52. The number of rotatable bonds is 2. The molecule has 0 bridgehead atoms. The van der Waals surface area contributed by atoms with Crippen molar-refractivity contribution < 1.29 is 14.6 Å². The van der Waals surface area contributed by atoms with Crippen LogP contribution in [0.5, 0.6) is 0 Å². The van der Waals surface area contributed by atoms with Crippen LogP contribution in [0.4, 0.5) is 0 Å². The van der Waals surface area contributed by atoms with Crippen molar-refractivity contribution in [2.24, 2.45) is 11.3 Å². The van der Waals surface area contributed by atoms with Crippen molar-refractivity contribution in [3.05, 3.63) is 0 Å². The Morgan fingerprint density at radius 2 is 2.50 bits per heavy atom. The van der Waals surface area contributed by atoms with Crippen LogP contribution >= 0.6 is 0 Å². The van der Waals surface area contributed by atoms with Crippen LogP contribution in [-0.2, 0) is 9.53 Å². The third kappa shape index (κ3) is 1.01. The van der Waals surface area contributed by atoms with E-state index in [-0.39, 0.29) is 23.9 Å². The molecule has 0 radical (unpaired) electrons. The molecule has 58 valence electrons. The smallest absolute Gasteiger partial charge is 0.309 e. The minimum atomic E-state index is -0.198. The van der Waals surface area contributed by atoms with Gasteiger partial charge in [0.2, 0.25) is 0 Å². The topological polar surface area (TPSA) is 46.5 Å². The van der Waals surface area contributed by atoms with Crippen LogP contribution in [-0.4, -0.2) is 24.8 Å². The number of aliphatic hydroxyl groups excluding tert-OH is 1. The van der Waals surface area contributed by atoms with Gasteiger partial charge in [-0.2, -0.15) is 0 Å². The summed E-state index contributed by atoms with van der Waals surface area (Å²) in [5, 5.41) is 8.77. The zero-order valence-electron chi connectivity index (χ0n) is 6.26. The predicted molar refractivity (Wildman–Crippen MR) is 35.3 cm³/mol. The molecule has 0 aromatic rings. The molecule has 0 spiro atoms. The van der Waals surface area contributed by atoms with E-state index in [0.29, 0.717) is 0 Å². The first-order valence-corrected chi connectivity index (χ1v) is 3.33. The fraction of sp³-hybridized carbons (Fsp3) is 0.857. The Hall–Kier alpha value is -0.570. The standard InChI is InChI=1S/C7H12O3/c1-7(4-8)3-5(7)6(9)10-2/h5,8H,3-4H2,1-2H3/t5?,7-/m0/s1. The van der Waals surface area contributed by atoms with Gasteiger partial charge in [-0.15, -0.1) is 0 Å². The molecule has 1 saturated carbocycles. The fourth-order valence-corrected chi connectivity index (χ4v) is 1.09. The third-order valence-corrected chi connectivity index (χ3v) is 2.20. The molecular weight excluding hydrogens is 132 g/mol. The molecule has 0 saturated heterocycles. The van der Waals surface area contributed by atoms with Gasteiger partial charge in [0.05, 0.1) is 13.0 Å². The Kier molecular flexibility index (Phi) is 1.68. The number of esters is 1. The largest absolute Gasteiger partial charge is 0.469 e. The molecule has 0 aromatic heterocycles. The molecule has 3 nitrogen and oxygen atoms in total. The highest BCUT2D eigenvalue weighted by Gasteiger charge is 2.54.